The second kappa shape index (κ2) is 11.6. The molecule has 1 saturated carbocycles. The van der Waals surface area contributed by atoms with Gasteiger partial charge in [0.25, 0.3) is 5.91 Å². The maximum atomic E-state index is 12.5. The van der Waals surface area contributed by atoms with Crippen molar-refractivity contribution < 1.29 is 24.2 Å². The molecule has 0 heterocycles. The Morgan fingerprint density at radius 2 is 1.47 bits per heavy atom. The molecule has 2 amide bonds. The lowest BCUT2D eigenvalue weighted by atomic mass is 9.80. The molecule has 160 valence electrons. The van der Waals surface area contributed by atoms with Crippen LogP contribution in [0.4, 0.5) is 0 Å². The molecule has 0 atom stereocenters. The van der Waals surface area contributed by atoms with Gasteiger partial charge in [-0.05, 0) is 37.1 Å². The van der Waals surface area contributed by atoms with Crippen LogP contribution in [-0.4, -0.2) is 42.1 Å². The lowest BCUT2D eigenvalue weighted by Crippen LogP contribution is -2.60. The number of rotatable bonds is 6. The predicted molar refractivity (Wildman–Crippen MR) is 113 cm³/mol. The maximum Gasteiger partial charge on any atom is 0.322 e. The van der Waals surface area contributed by atoms with E-state index in [0.29, 0.717) is 24.2 Å². The zero-order valence-electron chi connectivity index (χ0n) is 17.1. The van der Waals surface area contributed by atoms with Crippen molar-refractivity contribution in [3.63, 3.8) is 0 Å². The SMILES string of the molecule is COc1ccc(C(=O)NC2(C(=O)NCC(=O)O)CCCCC2)cc1.c1ccccc1. The highest BCUT2D eigenvalue weighted by Gasteiger charge is 2.41. The maximum absolute atomic E-state index is 12.5. The molecule has 0 spiro atoms. The van der Waals surface area contributed by atoms with E-state index in [2.05, 4.69) is 10.6 Å². The molecule has 0 unspecified atom stereocenters. The van der Waals surface area contributed by atoms with Crippen LogP contribution in [-0.2, 0) is 9.59 Å². The number of methoxy groups -OCH3 is 1. The summed E-state index contributed by atoms with van der Waals surface area (Å²) in [5, 5.41) is 14.0. The molecule has 7 heteroatoms. The van der Waals surface area contributed by atoms with Gasteiger partial charge in [0.2, 0.25) is 5.91 Å². The molecule has 2 aromatic rings. The molecule has 0 bridgehead atoms. The Balaban J connectivity index is 0.000000456. The predicted octanol–water partition coefficient (Wildman–Crippen LogP) is 3.02. The van der Waals surface area contributed by atoms with Crippen molar-refractivity contribution in [2.75, 3.05) is 13.7 Å². The number of amides is 2. The van der Waals surface area contributed by atoms with Gasteiger partial charge >= 0.3 is 5.97 Å². The van der Waals surface area contributed by atoms with E-state index in [9.17, 15) is 14.4 Å². The highest BCUT2D eigenvalue weighted by atomic mass is 16.5. The molecule has 3 rings (SSSR count). The molecular formula is C23H28N2O5. The van der Waals surface area contributed by atoms with Crippen molar-refractivity contribution in [3.05, 3.63) is 66.2 Å². The Morgan fingerprint density at radius 1 is 0.933 bits per heavy atom. The smallest absolute Gasteiger partial charge is 0.322 e. The summed E-state index contributed by atoms with van der Waals surface area (Å²) < 4.78 is 5.06. The number of nitrogens with one attached hydrogen (secondary N) is 2. The van der Waals surface area contributed by atoms with E-state index in [1.165, 1.54) is 0 Å². The summed E-state index contributed by atoms with van der Waals surface area (Å²) in [7, 11) is 1.54. The van der Waals surface area contributed by atoms with Crippen molar-refractivity contribution >= 4 is 17.8 Å². The lowest BCUT2D eigenvalue weighted by molar-refractivity contribution is -0.139. The van der Waals surface area contributed by atoms with Crippen LogP contribution in [0, 0.1) is 0 Å². The zero-order chi connectivity index (χ0) is 21.8. The van der Waals surface area contributed by atoms with Gasteiger partial charge in [-0.2, -0.15) is 0 Å². The van der Waals surface area contributed by atoms with E-state index < -0.39 is 24.0 Å². The van der Waals surface area contributed by atoms with Crippen LogP contribution >= 0.6 is 0 Å². The lowest BCUT2D eigenvalue weighted by Gasteiger charge is -2.36. The van der Waals surface area contributed by atoms with Crippen LogP contribution in [0.3, 0.4) is 0 Å². The van der Waals surface area contributed by atoms with Crippen molar-refractivity contribution in [2.24, 2.45) is 0 Å². The first kappa shape index (κ1) is 22.9. The minimum Gasteiger partial charge on any atom is -0.497 e. The summed E-state index contributed by atoms with van der Waals surface area (Å²) in [6, 6.07) is 18.6. The molecule has 0 radical (unpaired) electrons. The fourth-order valence-corrected chi connectivity index (χ4v) is 3.31. The number of aliphatic carboxylic acids is 1. The average molecular weight is 412 g/mol. The van der Waals surface area contributed by atoms with Crippen molar-refractivity contribution in [1.82, 2.24) is 10.6 Å². The highest BCUT2D eigenvalue weighted by Crippen LogP contribution is 2.29. The van der Waals surface area contributed by atoms with Gasteiger partial charge in [0, 0.05) is 5.56 Å². The summed E-state index contributed by atoms with van der Waals surface area (Å²) in [5.41, 5.74) is -0.628. The minimum atomic E-state index is -1.12. The molecular weight excluding hydrogens is 384 g/mol. The number of carbonyl (C=O) groups excluding carboxylic acids is 2. The summed E-state index contributed by atoms with van der Waals surface area (Å²) in [4.78, 5) is 35.7. The average Bonchev–Trinajstić information content (AvgIpc) is 2.79. The van der Waals surface area contributed by atoms with Gasteiger partial charge in [-0.15, -0.1) is 0 Å². The van der Waals surface area contributed by atoms with Crippen molar-refractivity contribution in [2.45, 2.75) is 37.6 Å². The Bertz CT molecular complexity index is 789. The van der Waals surface area contributed by atoms with Crippen LogP contribution in [0.1, 0.15) is 42.5 Å². The number of hydrogen-bond acceptors (Lipinski definition) is 4. The summed E-state index contributed by atoms with van der Waals surface area (Å²) >= 11 is 0. The number of carboxylic acids is 1. The molecule has 7 nitrogen and oxygen atoms in total. The minimum absolute atomic E-state index is 0.356. The van der Waals surface area contributed by atoms with E-state index in [1.54, 1.807) is 31.4 Å². The monoisotopic (exact) mass is 412 g/mol. The van der Waals surface area contributed by atoms with Gasteiger partial charge in [0.05, 0.1) is 7.11 Å². The quantitative estimate of drug-likeness (QED) is 0.677. The molecule has 1 aliphatic rings. The van der Waals surface area contributed by atoms with E-state index >= 15 is 0 Å². The normalized spacial score (nSPS) is 14.4. The second-order valence-corrected chi connectivity index (χ2v) is 7.06. The first-order valence-electron chi connectivity index (χ1n) is 9.93. The number of ether oxygens (including phenoxy) is 1. The summed E-state index contributed by atoms with van der Waals surface area (Å²) in [6.07, 6.45) is 3.61. The third-order valence-electron chi connectivity index (χ3n) is 4.91. The Labute approximate surface area is 176 Å². The van der Waals surface area contributed by atoms with Gasteiger partial charge in [0.15, 0.2) is 0 Å². The third kappa shape index (κ3) is 6.92. The molecule has 30 heavy (non-hydrogen) atoms. The fraction of sp³-hybridized carbons (Fsp3) is 0.348. The Kier molecular flexibility index (Phi) is 8.87. The molecule has 3 N–H and O–H groups in total. The molecule has 0 aliphatic heterocycles. The number of hydrogen-bond donors (Lipinski definition) is 3. The number of carboxylic acid groups (broad SMARTS) is 1. The van der Waals surface area contributed by atoms with E-state index in [4.69, 9.17) is 9.84 Å². The Hall–Kier alpha value is -3.35. The summed E-state index contributed by atoms with van der Waals surface area (Å²) in [6.45, 7) is -0.459. The molecule has 1 aliphatic carbocycles. The largest absolute Gasteiger partial charge is 0.497 e. The van der Waals surface area contributed by atoms with Gasteiger partial charge in [-0.25, -0.2) is 0 Å². The van der Waals surface area contributed by atoms with Gasteiger partial charge in [-0.3, -0.25) is 14.4 Å². The first-order valence-corrected chi connectivity index (χ1v) is 9.93. The van der Waals surface area contributed by atoms with Gasteiger partial charge in [-0.1, -0.05) is 55.7 Å². The van der Waals surface area contributed by atoms with Crippen LogP contribution < -0.4 is 15.4 Å². The number of carbonyl (C=O) groups is 3. The molecule has 2 aromatic carbocycles. The summed E-state index contributed by atoms with van der Waals surface area (Å²) in [5.74, 6) is -1.27. The Morgan fingerprint density at radius 3 is 1.93 bits per heavy atom. The molecule has 0 aromatic heterocycles. The fourth-order valence-electron chi connectivity index (χ4n) is 3.31. The molecule has 1 fully saturated rings. The van der Waals surface area contributed by atoms with Crippen molar-refractivity contribution in [3.8, 4) is 5.75 Å². The van der Waals surface area contributed by atoms with Crippen molar-refractivity contribution in [1.29, 1.82) is 0 Å². The van der Waals surface area contributed by atoms with Crippen LogP contribution in [0.2, 0.25) is 0 Å². The van der Waals surface area contributed by atoms with Crippen LogP contribution in [0.25, 0.3) is 0 Å². The highest BCUT2D eigenvalue weighted by molar-refractivity contribution is 5.99. The van der Waals surface area contributed by atoms with E-state index in [0.717, 1.165) is 19.3 Å². The topological polar surface area (TPSA) is 105 Å². The third-order valence-corrected chi connectivity index (χ3v) is 4.91. The standard InChI is InChI=1S/C17H22N2O5.C6H6/c1-24-13-7-5-12(6-8-13)15(22)19-17(9-3-2-4-10-17)16(23)18-11-14(20)21;1-2-4-6-5-3-1/h5-8H,2-4,9-11H2,1H3,(H,18,23)(H,19,22)(H,20,21);1-6H. The van der Waals surface area contributed by atoms with E-state index in [-0.39, 0.29) is 5.91 Å². The van der Waals surface area contributed by atoms with E-state index in [1.807, 2.05) is 36.4 Å². The van der Waals surface area contributed by atoms with Crippen LogP contribution in [0.5, 0.6) is 5.75 Å². The number of benzene rings is 2. The second-order valence-electron chi connectivity index (χ2n) is 7.06. The zero-order valence-corrected chi connectivity index (χ0v) is 17.1. The first-order chi connectivity index (χ1) is 14.5. The van der Waals surface area contributed by atoms with Gasteiger partial charge in [0.1, 0.15) is 17.8 Å². The van der Waals surface area contributed by atoms with Gasteiger partial charge < -0.3 is 20.5 Å². The molecule has 0 saturated heterocycles. The van der Waals surface area contributed by atoms with Crippen LogP contribution in [0.15, 0.2) is 60.7 Å².